The minimum Gasteiger partial charge on any atom is -0.383 e. The molecule has 1 aromatic rings. The molecule has 2 rings (SSSR count). The van der Waals surface area contributed by atoms with Crippen LogP contribution in [-0.2, 0) is 19.5 Å². The van der Waals surface area contributed by atoms with Gasteiger partial charge in [0.05, 0.1) is 12.8 Å². The van der Waals surface area contributed by atoms with E-state index in [0.29, 0.717) is 19.6 Å². The molecule has 1 fully saturated rings. The molecule has 0 bridgehead atoms. The third-order valence-electron chi connectivity index (χ3n) is 3.01. The molecule has 1 aliphatic rings. The van der Waals surface area contributed by atoms with E-state index in [1.165, 1.54) is 13.3 Å². The van der Waals surface area contributed by atoms with E-state index in [9.17, 15) is 8.42 Å². The number of sulfonamides is 1. The van der Waals surface area contributed by atoms with Crippen molar-refractivity contribution in [3.05, 3.63) is 6.20 Å². The van der Waals surface area contributed by atoms with Gasteiger partial charge in [0, 0.05) is 26.7 Å². The molecular formula is C9H16N4O4S. The van der Waals surface area contributed by atoms with E-state index in [1.807, 2.05) is 0 Å². The Hall–Kier alpha value is -1.16. The maximum Gasteiger partial charge on any atom is 0.245 e. The van der Waals surface area contributed by atoms with E-state index in [1.54, 1.807) is 0 Å². The fraction of sp³-hybridized carbons (Fsp3) is 0.667. The van der Waals surface area contributed by atoms with Gasteiger partial charge < -0.3 is 15.2 Å². The van der Waals surface area contributed by atoms with Crippen LogP contribution in [0.15, 0.2) is 11.1 Å². The number of aromatic amines is 1. The van der Waals surface area contributed by atoms with Gasteiger partial charge in [-0.25, -0.2) is 13.1 Å². The van der Waals surface area contributed by atoms with Gasteiger partial charge in [-0.1, -0.05) is 0 Å². The number of nitrogens with two attached hydrogens (primary N) is 1. The summed E-state index contributed by atoms with van der Waals surface area (Å²) in [6, 6.07) is 0. The third kappa shape index (κ3) is 2.48. The van der Waals surface area contributed by atoms with Crippen LogP contribution in [0.25, 0.3) is 0 Å². The average molecular weight is 276 g/mol. The number of nitrogens with zero attached hydrogens (tertiary/aromatic N) is 1. The summed E-state index contributed by atoms with van der Waals surface area (Å²) in [5.74, 6) is 0.0108. The minimum atomic E-state index is -3.69. The number of nitrogen functional groups attached to an aromatic ring is 1. The first-order valence-electron chi connectivity index (χ1n) is 5.40. The van der Waals surface area contributed by atoms with Crippen molar-refractivity contribution < 1.29 is 17.9 Å². The zero-order valence-corrected chi connectivity index (χ0v) is 10.8. The van der Waals surface area contributed by atoms with Crippen molar-refractivity contribution in [1.82, 2.24) is 14.9 Å². The van der Waals surface area contributed by atoms with Gasteiger partial charge in [0.15, 0.2) is 0 Å². The van der Waals surface area contributed by atoms with E-state index in [2.05, 4.69) is 14.9 Å². The van der Waals surface area contributed by atoms with Gasteiger partial charge in [-0.2, -0.15) is 5.10 Å². The molecule has 1 saturated heterocycles. The molecule has 0 spiro atoms. The Morgan fingerprint density at radius 1 is 1.72 bits per heavy atom. The predicted molar refractivity (Wildman–Crippen MR) is 63.4 cm³/mol. The van der Waals surface area contributed by atoms with Gasteiger partial charge in [0.2, 0.25) is 10.0 Å². The fourth-order valence-electron chi connectivity index (χ4n) is 1.76. The van der Waals surface area contributed by atoms with Crippen LogP contribution in [0.2, 0.25) is 0 Å². The van der Waals surface area contributed by atoms with Crippen LogP contribution < -0.4 is 10.5 Å². The first-order chi connectivity index (χ1) is 8.49. The second-order valence-corrected chi connectivity index (χ2v) is 5.90. The summed E-state index contributed by atoms with van der Waals surface area (Å²) >= 11 is 0. The normalized spacial score (nSPS) is 24.5. The van der Waals surface area contributed by atoms with Gasteiger partial charge in [-0.05, 0) is 0 Å². The number of hydrogen-bond acceptors (Lipinski definition) is 6. The molecule has 1 unspecified atom stereocenters. The topological polar surface area (TPSA) is 119 Å². The van der Waals surface area contributed by atoms with Crippen molar-refractivity contribution in [2.24, 2.45) is 0 Å². The molecule has 18 heavy (non-hydrogen) atoms. The summed E-state index contributed by atoms with van der Waals surface area (Å²) in [7, 11) is -2.15. The maximum absolute atomic E-state index is 12.0. The zero-order chi connectivity index (χ0) is 13.2. The van der Waals surface area contributed by atoms with Crippen LogP contribution in [0, 0.1) is 0 Å². The van der Waals surface area contributed by atoms with Crippen molar-refractivity contribution in [3.8, 4) is 0 Å². The number of methoxy groups -OCH3 is 1. The Labute approximate surface area is 105 Å². The first kappa shape index (κ1) is 13.3. The van der Waals surface area contributed by atoms with Gasteiger partial charge >= 0.3 is 0 Å². The summed E-state index contributed by atoms with van der Waals surface area (Å²) < 4.78 is 37.0. The van der Waals surface area contributed by atoms with Crippen molar-refractivity contribution in [1.29, 1.82) is 0 Å². The largest absolute Gasteiger partial charge is 0.383 e. The Balaban J connectivity index is 2.08. The van der Waals surface area contributed by atoms with Crippen LogP contribution in [0.4, 0.5) is 5.82 Å². The number of rotatable bonds is 5. The van der Waals surface area contributed by atoms with Crippen LogP contribution in [-0.4, -0.2) is 51.1 Å². The number of aromatic nitrogens is 2. The van der Waals surface area contributed by atoms with Gasteiger partial charge in [-0.15, -0.1) is 0 Å². The van der Waals surface area contributed by atoms with E-state index < -0.39 is 15.6 Å². The van der Waals surface area contributed by atoms with E-state index in [0.717, 1.165) is 0 Å². The van der Waals surface area contributed by atoms with Gasteiger partial charge in [0.25, 0.3) is 0 Å². The number of ether oxygens (including phenoxy) is 2. The summed E-state index contributed by atoms with van der Waals surface area (Å²) in [5.41, 5.74) is 4.88. The lowest BCUT2D eigenvalue weighted by molar-refractivity contribution is -0.0120. The molecule has 0 aromatic carbocycles. The Kier molecular flexibility index (Phi) is 3.57. The second-order valence-electron chi connectivity index (χ2n) is 4.16. The molecule has 1 atom stereocenters. The lowest BCUT2D eigenvalue weighted by Gasteiger charge is -2.25. The minimum absolute atomic E-state index is 0.0108. The SMILES string of the molecule is COC1(CNS(=O)(=O)c2cn[nH]c2N)CCOC1. The van der Waals surface area contributed by atoms with Crippen LogP contribution >= 0.6 is 0 Å². The highest BCUT2D eigenvalue weighted by Gasteiger charge is 2.36. The molecule has 0 aliphatic carbocycles. The smallest absolute Gasteiger partial charge is 0.245 e. The lowest BCUT2D eigenvalue weighted by Crippen LogP contribution is -2.44. The molecular weight excluding hydrogens is 260 g/mol. The molecule has 1 aliphatic heterocycles. The van der Waals surface area contributed by atoms with Gasteiger partial charge in [-0.3, -0.25) is 5.10 Å². The Bertz CT molecular complexity index is 506. The predicted octanol–water partition coefficient (Wildman–Crippen LogP) is -0.924. The Morgan fingerprint density at radius 3 is 3.00 bits per heavy atom. The quantitative estimate of drug-likeness (QED) is 0.639. The highest BCUT2D eigenvalue weighted by atomic mass is 32.2. The number of hydrogen-bond donors (Lipinski definition) is 3. The summed E-state index contributed by atoms with van der Waals surface area (Å²) in [4.78, 5) is -0.0623. The van der Waals surface area contributed by atoms with Crippen LogP contribution in [0.5, 0.6) is 0 Å². The number of anilines is 1. The average Bonchev–Trinajstić information content (AvgIpc) is 2.96. The summed E-state index contributed by atoms with van der Waals surface area (Å²) in [6.07, 6.45) is 1.81. The maximum atomic E-state index is 12.0. The third-order valence-corrected chi connectivity index (χ3v) is 4.44. The fourth-order valence-corrected chi connectivity index (χ4v) is 2.90. The standard InChI is InChI=1S/C9H16N4O4S/c1-16-9(2-3-17-6-9)5-12-18(14,15)7-4-11-13-8(7)10/h4,12H,2-3,5-6H2,1H3,(H3,10,11,13). The molecule has 1 aromatic heterocycles. The lowest BCUT2D eigenvalue weighted by atomic mass is 10.0. The van der Waals surface area contributed by atoms with E-state index in [4.69, 9.17) is 15.2 Å². The molecule has 0 radical (unpaired) electrons. The van der Waals surface area contributed by atoms with Crippen molar-refractivity contribution in [2.45, 2.75) is 16.9 Å². The number of nitrogens with one attached hydrogen (secondary N) is 2. The van der Waals surface area contributed by atoms with Gasteiger partial charge in [0.1, 0.15) is 16.3 Å². The molecule has 8 nitrogen and oxygen atoms in total. The molecule has 4 N–H and O–H groups in total. The molecule has 9 heteroatoms. The monoisotopic (exact) mass is 276 g/mol. The van der Waals surface area contributed by atoms with Crippen molar-refractivity contribution in [2.75, 3.05) is 32.6 Å². The highest BCUT2D eigenvalue weighted by molar-refractivity contribution is 7.89. The summed E-state index contributed by atoms with van der Waals surface area (Å²) in [5, 5.41) is 5.96. The molecule has 0 saturated carbocycles. The molecule has 0 amide bonds. The molecule has 102 valence electrons. The van der Waals surface area contributed by atoms with Crippen molar-refractivity contribution in [3.63, 3.8) is 0 Å². The zero-order valence-electron chi connectivity index (χ0n) is 9.97. The first-order valence-corrected chi connectivity index (χ1v) is 6.89. The van der Waals surface area contributed by atoms with Crippen LogP contribution in [0.3, 0.4) is 0 Å². The van der Waals surface area contributed by atoms with E-state index >= 15 is 0 Å². The van der Waals surface area contributed by atoms with E-state index in [-0.39, 0.29) is 17.3 Å². The molecule has 2 heterocycles. The summed E-state index contributed by atoms with van der Waals surface area (Å²) in [6.45, 7) is 1.06. The van der Waals surface area contributed by atoms with Crippen LogP contribution in [0.1, 0.15) is 6.42 Å². The second kappa shape index (κ2) is 4.84. The highest BCUT2D eigenvalue weighted by Crippen LogP contribution is 2.22. The Morgan fingerprint density at radius 2 is 2.50 bits per heavy atom. The number of H-pyrrole nitrogens is 1. The van der Waals surface area contributed by atoms with Crippen molar-refractivity contribution >= 4 is 15.8 Å².